The lowest BCUT2D eigenvalue weighted by molar-refractivity contribution is 0.0956. The number of nitrogens with one attached hydrogen (secondary N) is 1. The molecule has 0 aromatic heterocycles. The van der Waals surface area contributed by atoms with Gasteiger partial charge in [0.1, 0.15) is 5.75 Å². The molecule has 0 aliphatic rings. The summed E-state index contributed by atoms with van der Waals surface area (Å²) in [6, 6.07) is 20.4. The number of hydrogen-bond acceptors (Lipinski definition) is 5. The van der Waals surface area contributed by atoms with Crippen LogP contribution in [0.15, 0.2) is 77.7 Å². The smallest absolute Gasteiger partial charge is 0.264 e. The summed E-state index contributed by atoms with van der Waals surface area (Å²) in [5.41, 5.74) is 2.07. The third-order valence-electron chi connectivity index (χ3n) is 4.90. The van der Waals surface area contributed by atoms with Gasteiger partial charge in [0.2, 0.25) is 0 Å². The maximum absolute atomic E-state index is 12.9. The highest BCUT2D eigenvalue weighted by atomic mass is 35.5. The van der Waals surface area contributed by atoms with E-state index >= 15 is 0 Å². The topological polar surface area (TPSA) is 75.7 Å². The van der Waals surface area contributed by atoms with Gasteiger partial charge >= 0.3 is 0 Å². The molecule has 0 aliphatic heterocycles. The number of benzene rings is 3. The van der Waals surface area contributed by atoms with E-state index in [0.29, 0.717) is 28.6 Å². The van der Waals surface area contributed by atoms with Gasteiger partial charge in [0, 0.05) is 35.7 Å². The zero-order valence-electron chi connectivity index (χ0n) is 18.3. The molecular formula is C24H25ClN2O4S2. The van der Waals surface area contributed by atoms with Crippen molar-refractivity contribution >= 4 is 45.0 Å². The van der Waals surface area contributed by atoms with Gasteiger partial charge in [-0.05, 0) is 66.2 Å². The van der Waals surface area contributed by atoms with Crippen LogP contribution in [0.4, 0.5) is 5.69 Å². The van der Waals surface area contributed by atoms with Crippen molar-refractivity contribution in [3.8, 4) is 5.75 Å². The predicted octanol–water partition coefficient (Wildman–Crippen LogP) is 4.84. The quantitative estimate of drug-likeness (QED) is 0.400. The third kappa shape index (κ3) is 6.66. The fourth-order valence-corrected chi connectivity index (χ4v) is 5.24. The summed E-state index contributed by atoms with van der Waals surface area (Å²) in [5.74, 6) is 1.96. The Morgan fingerprint density at radius 3 is 2.39 bits per heavy atom. The number of halogens is 1. The second-order valence-electron chi connectivity index (χ2n) is 7.13. The molecule has 33 heavy (non-hydrogen) atoms. The summed E-state index contributed by atoms with van der Waals surface area (Å²) >= 11 is 7.69. The van der Waals surface area contributed by atoms with E-state index in [2.05, 4.69) is 5.32 Å². The first-order valence-corrected chi connectivity index (χ1v) is 13.1. The van der Waals surface area contributed by atoms with E-state index in [-0.39, 0.29) is 10.8 Å². The second kappa shape index (κ2) is 11.4. The lowest BCUT2D eigenvalue weighted by Gasteiger charge is -2.20. The Balaban J connectivity index is 1.52. The summed E-state index contributed by atoms with van der Waals surface area (Å²) < 4.78 is 32.0. The zero-order chi connectivity index (χ0) is 23.8. The molecule has 0 spiro atoms. The number of anilines is 1. The van der Waals surface area contributed by atoms with Crippen molar-refractivity contribution in [2.24, 2.45) is 0 Å². The van der Waals surface area contributed by atoms with Crippen molar-refractivity contribution in [1.29, 1.82) is 0 Å². The number of carbonyl (C=O) groups excluding carboxylic acids is 1. The monoisotopic (exact) mass is 504 g/mol. The average molecular weight is 505 g/mol. The fraction of sp³-hybridized carbons (Fsp3) is 0.208. The summed E-state index contributed by atoms with van der Waals surface area (Å²) in [4.78, 5) is 12.6. The molecule has 1 N–H and O–H groups in total. The summed E-state index contributed by atoms with van der Waals surface area (Å²) in [6.45, 7) is 0.525. The van der Waals surface area contributed by atoms with E-state index in [0.717, 1.165) is 17.1 Å². The molecule has 0 unspecified atom stereocenters. The highest BCUT2D eigenvalue weighted by Crippen LogP contribution is 2.24. The van der Waals surface area contributed by atoms with Crippen LogP contribution in [0.3, 0.4) is 0 Å². The molecule has 0 fully saturated rings. The Morgan fingerprint density at radius 2 is 1.76 bits per heavy atom. The van der Waals surface area contributed by atoms with Crippen LogP contribution < -0.4 is 14.4 Å². The molecular weight excluding hydrogens is 480 g/mol. The zero-order valence-corrected chi connectivity index (χ0v) is 20.7. The van der Waals surface area contributed by atoms with Crippen molar-refractivity contribution in [1.82, 2.24) is 5.32 Å². The Hall–Kier alpha value is -2.68. The first-order valence-electron chi connectivity index (χ1n) is 10.1. The molecule has 174 valence electrons. The van der Waals surface area contributed by atoms with E-state index < -0.39 is 10.0 Å². The fourth-order valence-electron chi connectivity index (χ4n) is 3.02. The molecule has 9 heteroatoms. The molecule has 0 radical (unpaired) electrons. The van der Waals surface area contributed by atoms with Crippen LogP contribution in [-0.4, -0.2) is 40.8 Å². The standard InChI is InChI=1S/C24H25ClN2O4S2/c1-27(33(29,30)23-12-10-22(31-2)11-13-23)21-8-6-19(7-9-21)24(28)26-14-15-32-17-18-4-3-5-20(25)16-18/h3-13,16H,14-15,17H2,1-2H3,(H,26,28). The van der Waals surface area contributed by atoms with E-state index in [1.165, 1.54) is 30.6 Å². The molecule has 0 saturated carbocycles. The van der Waals surface area contributed by atoms with Crippen molar-refractivity contribution in [3.63, 3.8) is 0 Å². The average Bonchev–Trinajstić information content (AvgIpc) is 2.83. The summed E-state index contributed by atoms with van der Waals surface area (Å²) in [6.07, 6.45) is 0. The molecule has 0 atom stereocenters. The van der Waals surface area contributed by atoms with Crippen LogP contribution in [-0.2, 0) is 15.8 Å². The van der Waals surface area contributed by atoms with Crippen molar-refractivity contribution < 1.29 is 17.9 Å². The Labute approximate surface area is 204 Å². The minimum Gasteiger partial charge on any atom is -0.497 e. The van der Waals surface area contributed by atoms with Gasteiger partial charge in [-0.2, -0.15) is 11.8 Å². The van der Waals surface area contributed by atoms with Crippen LogP contribution in [0.5, 0.6) is 5.75 Å². The molecule has 0 heterocycles. The SMILES string of the molecule is COc1ccc(S(=O)(=O)N(C)c2ccc(C(=O)NCCSCc3cccc(Cl)c3)cc2)cc1. The number of ether oxygens (including phenoxy) is 1. The summed E-state index contributed by atoms with van der Waals surface area (Å²) in [5, 5.41) is 3.60. The van der Waals surface area contributed by atoms with Gasteiger partial charge < -0.3 is 10.1 Å². The van der Waals surface area contributed by atoms with Gasteiger partial charge in [0.25, 0.3) is 15.9 Å². The highest BCUT2D eigenvalue weighted by molar-refractivity contribution is 7.98. The van der Waals surface area contributed by atoms with Gasteiger partial charge in [0.15, 0.2) is 0 Å². The number of amides is 1. The Kier molecular flexibility index (Phi) is 8.66. The molecule has 6 nitrogen and oxygen atoms in total. The Bertz CT molecular complexity index is 1180. The number of sulfonamides is 1. The van der Waals surface area contributed by atoms with E-state index in [9.17, 15) is 13.2 Å². The summed E-state index contributed by atoms with van der Waals surface area (Å²) in [7, 11) is -0.731. The van der Waals surface area contributed by atoms with E-state index in [1.54, 1.807) is 48.2 Å². The number of methoxy groups -OCH3 is 1. The number of hydrogen-bond donors (Lipinski definition) is 1. The molecule has 0 aliphatic carbocycles. The normalized spacial score (nSPS) is 11.1. The minimum absolute atomic E-state index is 0.155. The molecule has 1 amide bonds. The molecule has 3 aromatic carbocycles. The maximum Gasteiger partial charge on any atom is 0.264 e. The first-order chi connectivity index (χ1) is 15.8. The predicted molar refractivity (Wildman–Crippen MR) is 135 cm³/mol. The van der Waals surface area contributed by atoms with Gasteiger partial charge in [-0.1, -0.05) is 23.7 Å². The largest absolute Gasteiger partial charge is 0.497 e. The molecule has 3 rings (SSSR count). The molecule has 0 saturated heterocycles. The lowest BCUT2D eigenvalue weighted by atomic mass is 10.2. The number of rotatable bonds is 10. The third-order valence-corrected chi connectivity index (χ3v) is 7.97. The van der Waals surface area contributed by atoms with Crippen LogP contribution in [0, 0.1) is 0 Å². The van der Waals surface area contributed by atoms with Crippen molar-refractivity contribution in [2.45, 2.75) is 10.6 Å². The van der Waals surface area contributed by atoms with Gasteiger partial charge in [0.05, 0.1) is 17.7 Å². The van der Waals surface area contributed by atoms with E-state index in [4.69, 9.17) is 16.3 Å². The van der Waals surface area contributed by atoms with Crippen LogP contribution >= 0.6 is 23.4 Å². The van der Waals surface area contributed by atoms with Crippen molar-refractivity contribution in [2.75, 3.05) is 30.8 Å². The number of nitrogens with zero attached hydrogens (tertiary/aromatic N) is 1. The van der Waals surface area contributed by atoms with Crippen LogP contribution in [0.25, 0.3) is 0 Å². The van der Waals surface area contributed by atoms with Crippen molar-refractivity contribution in [3.05, 3.63) is 88.9 Å². The van der Waals surface area contributed by atoms with Gasteiger partial charge in [-0.15, -0.1) is 0 Å². The van der Waals surface area contributed by atoms with Gasteiger partial charge in [-0.25, -0.2) is 8.42 Å². The number of thioether (sulfide) groups is 1. The minimum atomic E-state index is -3.73. The first kappa shape index (κ1) is 25.0. The lowest BCUT2D eigenvalue weighted by Crippen LogP contribution is -2.27. The highest BCUT2D eigenvalue weighted by Gasteiger charge is 2.21. The maximum atomic E-state index is 12.9. The van der Waals surface area contributed by atoms with Crippen LogP contribution in [0.2, 0.25) is 5.02 Å². The second-order valence-corrected chi connectivity index (χ2v) is 10.6. The molecule has 0 bridgehead atoms. The Morgan fingerprint density at radius 1 is 1.06 bits per heavy atom. The van der Waals surface area contributed by atoms with Gasteiger partial charge in [-0.3, -0.25) is 9.10 Å². The van der Waals surface area contributed by atoms with Crippen LogP contribution in [0.1, 0.15) is 15.9 Å². The number of carbonyl (C=O) groups is 1. The molecule has 3 aromatic rings. The van der Waals surface area contributed by atoms with E-state index in [1.807, 2.05) is 24.3 Å².